The molecule has 0 amide bonds. The second-order valence-corrected chi connectivity index (χ2v) is 12.3. The van der Waals surface area contributed by atoms with Gasteiger partial charge in [0.05, 0.1) is 26.3 Å². The van der Waals surface area contributed by atoms with E-state index in [9.17, 15) is 24.9 Å². The first-order valence-corrected chi connectivity index (χ1v) is 15.5. The van der Waals surface area contributed by atoms with Crippen molar-refractivity contribution in [3.63, 3.8) is 0 Å². The summed E-state index contributed by atoms with van der Waals surface area (Å²) in [6, 6.07) is 8.94. The zero-order valence-corrected chi connectivity index (χ0v) is 25.9. The number of hydrogen-bond acceptors (Lipinski definition) is 14. The predicted octanol–water partition coefficient (Wildman–Crippen LogP) is 0.833. The van der Waals surface area contributed by atoms with Crippen molar-refractivity contribution in [2.45, 2.75) is 99.1 Å². The highest BCUT2D eigenvalue weighted by Gasteiger charge is 2.57. The number of hydrogen-bond donors (Lipinski definition) is 6. The van der Waals surface area contributed by atoms with E-state index >= 15 is 0 Å². The Kier molecular flexibility index (Phi) is 9.13. The minimum atomic E-state index is -1.82. The molecule has 47 heavy (non-hydrogen) atoms. The largest absolute Gasteiger partial charge is 0.493 e. The van der Waals surface area contributed by atoms with Crippen LogP contribution in [0.15, 0.2) is 30.3 Å². The molecule has 1 saturated heterocycles. The van der Waals surface area contributed by atoms with E-state index in [4.69, 9.17) is 49.7 Å². The zero-order chi connectivity index (χ0) is 33.6. The van der Waals surface area contributed by atoms with Crippen molar-refractivity contribution in [1.29, 1.82) is 0 Å². The van der Waals surface area contributed by atoms with Crippen LogP contribution in [-0.4, -0.2) is 95.2 Å². The van der Waals surface area contributed by atoms with Crippen LogP contribution in [-0.2, 0) is 19.1 Å². The fourth-order valence-electron chi connectivity index (χ4n) is 7.26. The highest BCUT2D eigenvalue weighted by atomic mass is 16.7. The van der Waals surface area contributed by atoms with Crippen LogP contribution < -0.4 is 35.2 Å². The van der Waals surface area contributed by atoms with Crippen molar-refractivity contribution in [2.24, 2.45) is 11.5 Å². The number of aliphatic hydroxyl groups excluding tert-OH is 3. The molecule has 0 aromatic heterocycles. The van der Waals surface area contributed by atoms with Gasteiger partial charge in [0.25, 0.3) is 0 Å². The summed E-state index contributed by atoms with van der Waals surface area (Å²) in [4.78, 5) is 23.0. The lowest BCUT2D eigenvalue weighted by Crippen LogP contribution is -2.66. The number of carboxylic acids is 1. The Labute approximate surface area is 270 Å². The molecule has 3 aliphatic heterocycles. The molecule has 1 spiro atoms. The summed E-state index contributed by atoms with van der Waals surface area (Å²) in [7, 11) is 3.14. The highest BCUT2D eigenvalue weighted by molar-refractivity contribution is 5.90. The lowest BCUT2D eigenvalue weighted by molar-refractivity contribution is -0.291. The SMILES string of the molecule is COc1ccc2c(c1OC)OC1c3ccc(OC4OC(C(OC(=O)CC(=O)O)C(N)N)C(O)C(O)C4O)cc3OC3(CCCCC3)C21. The van der Waals surface area contributed by atoms with Crippen LogP contribution in [0.5, 0.6) is 28.7 Å². The number of methoxy groups -OCH3 is 2. The third-order valence-corrected chi connectivity index (χ3v) is 9.41. The summed E-state index contributed by atoms with van der Waals surface area (Å²) in [5.41, 5.74) is 12.7. The van der Waals surface area contributed by atoms with Crippen LogP contribution in [0, 0.1) is 0 Å². The normalized spacial score (nSPS) is 29.4. The Morgan fingerprint density at radius 2 is 1.70 bits per heavy atom. The van der Waals surface area contributed by atoms with Gasteiger partial charge in [-0.1, -0.05) is 12.5 Å². The fourth-order valence-corrected chi connectivity index (χ4v) is 7.26. The second kappa shape index (κ2) is 13.0. The van der Waals surface area contributed by atoms with Crippen LogP contribution in [0.2, 0.25) is 0 Å². The number of aliphatic hydroxyl groups is 3. The number of ether oxygens (including phenoxy) is 7. The minimum absolute atomic E-state index is 0.112. The van der Waals surface area contributed by atoms with Crippen molar-refractivity contribution in [3.8, 4) is 28.7 Å². The molecule has 0 radical (unpaired) electrons. The molecule has 2 aromatic rings. The molecule has 2 aromatic carbocycles. The van der Waals surface area contributed by atoms with E-state index < -0.39 is 73.0 Å². The van der Waals surface area contributed by atoms with Gasteiger partial charge in [-0.05, 0) is 43.9 Å². The molecule has 8 unspecified atom stereocenters. The third kappa shape index (κ3) is 5.91. The summed E-state index contributed by atoms with van der Waals surface area (Å²) < 4.78 is 41.6. The summed E-state index contributed by atoms with van der Waals surface area (Å²) in [6.45, 7) is 0. The van der Waals surface area contributed by atoms with Crippen molar-refractivity contribution in [2.75, 3.05) is 14.2 Å². The molecule has 8 atom stereocenters. The van der Waals surface area contributed by atoms with Crippen LogP contribution in [0.3, 0.4) is 0 Å². The maximum atomic E-state index is 12.1. The lowest BCUT2D eigenvalue weighted by Gasteiger charge is -2.47. The fraction of sp³-hybridized carbons (Fsp3) is 0.562. The number of fused-ring (bicyclic) bond motifs is 6. The molecule has 8 N–H and O–H groups in total. The number of carbonyl (C=O) groups is 2. The van der Waals surface area contributed by atoms with Crippen molar-refractivity contribution in [3.05, 3.63) is 41.5 Å². The van der Waals surface area contributed by atoms with E-state index in [0.717, 1.165) is 43.2 Å². The number of rotatable bonds is 9. The number of carbonyl (C=O) groups excluding carboxylic acids is 1. The first kappa shape index (κ1) is 33.1. The van der Waals surface area contributed by atoms with E-state index in [0.29, 0.717) is 23.0 Å². The van der Waals surface area contributed by atoms with Gasteiger partial charge < -0.3 is 65.1 Å². The van der Waals surface area contributed by atoms with Gasteiger partial charge in [0.1, 0.15) is 54.0 Å². The Morgan fingerprint density at radius 1 is 0.979 bits per heavy atom. The van der Waals surface area contributed by atoms with Gasteiger partial charge in [-0.15, -0.1) is 0 Å². The minimum Gasteiger partial charge on any atom is -0.493 e. The molecular weight excluding hydrogens is 620 g/mol. The van der Waals surface area contributed by atoms with Crippen molar-refractivity contribution in [1.82, 2.24) is 0 Å². The van der Waals surface area contributed by atoms with Crippen LogP contribution in [0.1, 0.15) is 61.7 Å². The number of benzene rings is 2. The third-order valence-electron chi connectivity index (χ3n) is 9.41. The van der Waals surface area contributed by atoms with Crippen LogP contribution in [0.4, 0.5) is 0 Å². The molecule has 15 heteroatoms. The second-order valence-electron chi connectivity index (χ2n) is 12.3. The van der Waals surface area contributed by atoms with Crippen molar-refractivity contribution < 1.29 is 63.2 Å². The average molecular weight is 661 g/mol. The van der Waals surface area contributed by atoms with Gasteiger partial charge >= 0.3 is 11.9 Å². The molecular formula is C32H40N2O13. The molecule has 1 saturated carbocycles. The Hall–Kier alpha value is -3.86. The van der Waals surface area contributed by atoms with Gasteiger partial charge in [0, 0.05) is 17.2 Å². The molecule has 15 nitrogen and oxygen atoms in total. The summed E-state index contributed by atoms with van der Waals surface area (Å²) in [5.74, 6) is -0.374. The quantitative estimate of drug-likeness (QED) is 0.124. The maximum Gasteiger partial charge on any atom is 0.317 e. The molecule has 1 aliphatic carbocycles. The highest BCUT2D eigenvalue weighted by Crippen LogP contribution is 2.63. The Bertz CT molecular complexity index is 1500. The average Bonchev–Trinajstić information content (AvgIpc) is 3.44. The van der Waals surface area contributed by atoms with Gasteiger partial charge in [0.2, 0.25) is 12.0 Å². The number of aliphatic carboxylic acids is 1. The maximum absolute atomic E-state index is 12.1. The summed E-state index contributed by atoms with van der Waals surface area (Å²) >= 11 is 0. The summed E-state index contributed by atoms with van der Waals surface area (Å²) in [6.07, 6.45) is -8.32. The van der Waals surface area contributed by atoms with E-state index in [2.05, 4.69) is 0 Å². The topological polar surface area (TPSA) is 232 Å². The van der Waals surface area contributed by atoms with E-state index in [1.54, 1.807) is 32.4 Å². The lowest BCUT2D eigenvalue weighted by atomic mass is 9.68. The number of nitrogens with two attached hydrogens (primary N) is 2. The smallest absolute Gasteiger partial charge is 0.317 e. The van der Waals surface area contributed by atoms with Gasteiger partial charge in [0.15, 0.2) is 17.6 Å². The van der Waals surface area contributed by atoms with Crippen LogP contribution >= 0.6 is 0 Å². The van der Waals surface area contributed by atoms with E-state index in [1.165, 1.54) is 0 Å². The van der Waals surface area contributed by atoms with Gasteiger partial charge in [-0.3, -0.25) is 9.59 Å². The molecule has 0 bridgehead atoms. The number of esters is 1. The molecule has 256 valence electrons. The number of carboxylic acid groups (broad SMARTS) is 1. The zero-order valence-electron chi connectivity index (χ0n) is 25.9. The van der Waals surface area contributed by atoms with Gasteiger partial charge in [-0.25, -0.2) is 0 Å². The van der Waals surface area contributed by atoms with E-state index in [-0.39, 0.29) is 11.7 Å². The standard InChI is InChI=1S/C32H40N2O13/c1-41-17-9-8-16-21-25(45-26(16)27(17)42-2)15-7-6-14(12-18(15)47-32(21)10-4-3-5-11-32)43-31-24(40)22(38)23(39)28(46-31)29(30(33)34)44-20(37)13-19(35)36/h6-9,12,21-25,28-31,38-40H,3-5,10-11,13,33-34H2,1-2H3,(H,35,36). The molecule has 2 fully saturated rings. The molecule has 6 rings (SSSR count). The molecule has 3 heterocycles. The van der Waals surface area contributed by atoms with Crippen molar-refractivity contribution >= 4 is 11.9 Å². The van der Waals surface area contributed by atoms with E-state index in [1.807, 2.05) is 12.1 Å². The van der Waals surface area contributed by atoms with Gasteiger partial charge in [-0.2, -0.15) is 0 Å². The Morgan fingerprint density at radius 3 is 2.36 bits per heavy atom. The Balaban J connectivity index is 1.29. The predicted molar refractivity (Wildman–Crippen MR) is 160 cm³/mol. The summed E-state index contributed by atoms with van der Waals surface area (Å²) in [5, 5.41) is 41.0. The first-order valence-electron chi connectivity index (χ1n) is 15.5. The van der Waals surface area contributed by atoms with Crippen LogP contribution in [0.25, 0.3) is 0 Å². The monoisotopic (exact) mass is 660 g/mol. The molecule has 4 aliphatic rings. The first-order chi connectivity index (χ1) is 22.5.